The molecule has 5 heterocycles. The van der Waals surface area contributed by atoms with E-state index in [9.17, 15) is 19.2 Å². The smallest absolute Gasteiger partial charge is 0.260 e. The van der Waals surface area contributed by atoms with Gasteiger partial charge in [-0.05, 0) is 80.2 Å². The Bertz CT molecular complexity index is 2010. The van der Waals surface area contributed by atoms with Gasteiger partial charge in [-0.3, -0.25) is 24.2 Å². The van der Waals surface area contributed by atoms with Crippen LogP contribution in [0, 0.1) is 0 Å². The number of likely N-dealkylation sites (tertiary alicyclic amines) is 2. The Morgan fingerprint density at radius 1 is 0.774 bits per heavy atom. The van der Waals surface area contributed by atoms with Crippen LogP contribution in [0.4, 0.5) is 0 Å². The van der Waals surface area contributed by atoms with Crippen molar-refractivity contribution in [3.05, 3.63) is 93.5 Å². The minimum absolute atomic E-state index is 0.00889. The van der Waals surface area contributed by atoms with E-state index in [1.807, 2.05) is 41.2 Å². The molecular weight excluding hydrogens is 670 g/mol. The number of fused-ring (bicyclic) bond motifs is 1. The number of carbonyl (C=O) groups excluding carboxylic acids is 2. The van der Waals surface area contributed by atoms with Gasteiger partial charge in [-0.1, -0.05) is 31.5 Å². The molecule has 0 N–H and O–H groups in total. The largest absolute Gasteiger partial charge is 0.490 e. The first-order valence-electron chi connectivity index (χ1n) is 19.4. The van der Waals surface area contributed by atoms with Crippen LogP contribution in [-0.2, 0) is 34.0 Å². The van der Waals surface area contributed by atoms with Crippen molar-refractivity contribution in [1.29, 1.82) is 0 Å². The van der Waals surface area contributed by atoms with Gasteiger partial charge in [0.2, 0.25) is 5.91 Å². The fourth-order valence-corrected chi connectivity index (χ4v) is 7.95. The van der Waals surface area contributed by atoms with Crippen LogP contribution in [0.3, 0.4) is 0 Å². The number of ketones is 1. The van der Waals surface area contributed by atoms with Gasteiger partial charge in [-0.25, -0.2) is 0 Å². The van der Waals surface area contributed by atoms with Crippen molar-refractivity contribution in [2.75, 3.05) is 26.2 Å². The zero-order valence-electron chi connectivity index (χ0n) is 30.8. The van der Waals surface area contributed by atoms with Gasteiger partial charge in [0.25, 0.3) is 11.1 Å². The van der Waals surface area contributed by atoms with E-state index in [-0.39, 0.29) is 54.1 Å². The summed E-state index contributed by atoms with van der Waals surface area (Å²) in [6, 6.07) is 13.8. The molecule has 0 atom stereocenters. The second kappa shape index (κ2) is 17.0. The highest BCUT2D eigenvalue weighted by Crippen LogP contribution is 2.31. The molecule has 11 nitrogen and oxygen atoms in total. The summed E-state index contributed by atoms with van der Waals surface area (Å²) in [5.41, 5.74) is 2.60. The Kier molecular flexibility index (Phi) is 11.8. The Morgan fingerprint density at radius 3 is 2.28 bits per heavy atom. The van der Waals surface area contributed by atoms with Gasteiger partial charge < -0.3 is 28.4 Å². The standard InChI is InChI=1S/C42H51N5O6/c1-2-3-19-47-29-39(37-14-18-43-27-38(37)42(47)51)30-6-8-33(9-7-30)52-34-10-12-35(13-11-34)53-36-16-21-44(22-17-36)24-25-45-20-4-5-31(41(45)50)28-46-23-15-32(48)26-40(46)49/h4-9,14,18,20,27,29,34-36H,2-3,10-13,15-17,19,21-26,28H2,1H3. The van der Waals surface area contributed by atoms with Crippen LogP contribution in [0.1, 0.15) is 76.7 Å². The number of carbonyl (C=O) groups is 2. The highest BCUT2D eigenvalue weighted by molar-refractivity contribution is 6.00. The van der Waals surface area contributed by atoms with E-state index in [0.29, 0.717) is 37.0 Å². The normalized spacial score (nSPS) is 20.3. The van der Waals surface area contributed by atoms with E-state index in [2.05, 4.69) is 28.9 Å². The number of Topliss-reactive ketones (excluding diaryl/α,β-unsaturated/α-hetero) is 1. The number of aryl methyl sites for hydroxylation is 1. The number of hydrogen-bond donors (Lipinski definition) is 0. The van der Waals surface area contributed by atoms with Gasteiger partial charge in [0.15, 0.2) is 0 Å². The number of ether oxygens (including phenoxy) is 2. The number of rotatable bonds is 13. The van der Waals surface area contributed by atoms with Crippen molar-refractivity contribution in [1.82, 2.24) is 23.9 Å². The zero-order valence-corrected chi connectivity index (χ0v) is 30.8. The molecule has 0 bridgehead atoms. The van der Waals surface area contributed by atoms with Gasteiger partial charge in [0, 0.05) is 81.6 Å². The van der Waals surface area contributed by atoms with E-state index in [0.717, 1.165) is 93.3 Å². The highest BCUT2D eigenvalue weighted by Gasteiger charge is 2.28. The van der Waals surface area contributed by atoms with E-state index < -0.39 is 0 Å². The number of nitrogens with zero attached hydrogens (tertiary/aromatic N) is 5. The van der Waals surface area contributed by atoms with E-state index >= 15 is 0 Å². The number of benzene rings is 1. The van der Waals surface area contributed by atoms with E-state index in [1.165, 1.54) is 0 Å². The molecule has 1 aliphatic carbocycles. The Balaban J connectivity index is 0.845. The van der Waals surface area contributed by atoms with Gasteiger partial charge in [-0.15, -0.1) is 0 Å². The van der Waals surface area contributed by atoms with Gasteiger partial charge in [0.1, 0.15) is 11.5 Å². The fourth-order valence-electron chi connectivity index (χ4n) is 7.95. The van der Waals surface area contributed by atoms with E-state index in [4.69, 9.17) is 9.47 Å². The molecule has 0 unspecified atom stereocenters. The number of pyridine rings is 3. The first-order chi connectivity index (χ1) is 25.8. The number of aromatic nitrogens is 3. The van der Waals surface area contributed by atoms with Crippen LogP contribution in [0.2, 0.25) is 0 Å². The Hall–Kier alpha value is -4.61. The predicted molar refractivity (Wildman–Crippen MR) is 204 cm³/mol. The summed E-state index contributed by atoms with van der Waals surface area (Å²) >= 11 is 0. The van der Waals surface area contributed by atoms with E-state index in [1.54, 1.807) is 27.9 Å². The second-order valence-electron chi connectivity index (χ2n) is 14.8. The third kappa shape index (κ3) is 8.96. The van der Waals surface area contributed by atoms with Crippen LogP contribution in [0.5, 0.6) is 5.75 Å². The fraction of sp³-hybridized carbons (Fsp3) is 0.500. The summed E-state index contributed by atoms with van der Waals surface area (Å²) in [6.45, 7) is 6.72. The number of unbranched alkanes of at least 4 members (excludes halogenated alkanes) is 1. The molecule has 53 heavy (non-hydrogen) atoms. The number of piperidine rings is 2. The van der Waals surface area contributed by atoms with Crippen molar-refractivity contribution in [3.8, 4) is 16.9 Å². The molecule has 280 valence electrons. The summed E-state index contributed by atoms with van der Waals surface area (Å²) in [4.78, 5) is 58.2. The van der Waals surface area contributed by atoms with Crippen molar-refractivity contribution in [2.45, 2.75) is 109 Å². The number of hydrogen-bond acceptors (Lipinski definition) is 8. The lowest BCUT2D eigenvalue weighted by Crippen LogP contribution is -2.42. The lowest BCUT2D eigenvalue weighted by molar-refractivity contribution is -0.139. The van der Waals surface area contributed by atoms with Crippen molar-refractivity contribution in [3.63, 3.8) is 0 Å². The molecule has 1 saturated carbocycles. The molecule has 2 saturated heterocycles. The van der Waals surface area contributed by atoms with Gasteiger partial charge >= 0.3 is 0 Å². The van der Waals surface area contributed by atoms with Gasteiger partial charge in [0.05, 0.1) is 36.7 Å². The van der Waals surface area contributed by atoms with Crippen LogP contribution in [-0.4, -0.2) is 80.1 Å². The Morgan fingerprint density at radius 2 is 1.53 bits per heavy atom. The molecule has 1 aromatic carbocycles. The molecule has 0 spiro atoms. The molecule has 11 heteroatoms. The second-order valence-corrected chi connectivity index (χ2v) is 14.8. The van der Waals surface area contributed by atoms with Crippen LogP contribution < -0.4 is 15.9 Å². The third-order valence-corrected chi connectivity index (χ3v) is 11.1. The molecule has 7 rings (SSSR count). The molecule has 3 aromatic heterocycles. The lowest BCUT2D eigenvalue weighted by atomic mass is 9.94. The summed E-state index contributed by atoms with van der Waals surface area (Å²) in [5, 5.41) is 1.56. The minimum atomic E-state index is -0.196. The summed E-state index contributed by atoms with van der Waals surface area (Å²) in [5.74, 6) is 0.634. The van der Waals surface area contributed by atoms with Gasteiger partial charge in [-0.2, -0.15) is 0 Å². The molecule has 4 aromatic rings. The van der Waals surface area contributed by atoms with Crippen LogP contribution >= 0.6 is 0 Å². The maximum absolute atomic E-state index is 13.1. The lowest BCUT2D eigenvalue weighted by Gasteiger charge is -2.36. The van der Waals surface area contributed by atoms with Crippen molar-refractivity contribution < 1.29 is 19.1 Å². The van der Waals surface area contributed by atoms with Crippen LogP contribution in [0.25, 0.3) is 21.9 Å². The zero-order chi connectivity index (χ0) is 36.7. The number of amides is 1. The molecule has 3 fully saturated rings. The quantitative estimate of drug-likeness (QED) is 0.164. The average Bonchev–Trinajstić information content (AvgIpc) is 3.18. The summed E-state index contributed by atoms with van der Waals surface area (Å²) < 4.78 is 16.6. The van der Waals surface area contributed by atoms with Crippen LogP contribution in [0.15, 0.2) is 76.8 Å². The average molecular weight is 722 g/mol. The predicted octanol–water partition coefficient (Wildman–Crippen LogP) is 5.59. The summed E-state index contributed by atoms with van der Waals surface area (Å²) in [7, 11) is 0. The summed E-state index contributed by atoms with van der Waals surface area (Å²) in [6.07, 6.45) is 16.0. The highest BCUT2D eigenvalue weighted by atomic mass is 16.5. The molecule has 2 aliphatic heterocycles. The van der Waals surface area contributed by atoms with Crippen molar-refractivity contribution in [2.24, 2.45) is 0 Å². The Labute approximate surface area is 310 Å². The topological polar surface area (TPSA) is 116 Å². The first-order valence-corrected chi connectivity index (χ1v) is 19.4. The molecular formula is C42H51N5O6. The SMILES string of the molecule is CCCCn1cc(-c2ccc(OC3CCC(OC4CCN(CCn5cccc(CN6CCC(=O)CC6=O)c5=O)CC4)CC3)cc2)c2ccncc2c1=O. The minimum Gasteiger partial charge on any atom is -0.490 e. The molecule has 3 aliphatic rings. The maximum Gasteiger partial charge on any atom is 0.260 e. The molecule has 1 amide bonds. The molecule has 0 radical (unpaired) electrons. The monoisotopic (exact) mass is 721 g/mol. The maximum atomic E-state index is 13.1. The van der Waals surface area contributed by atoms with Crippen molar-refractivity contribution >= 4 is 22.5 Å². The first kappa shape index (κ1) is 36.7. The third-order valence-electron chi connectivity index (χ3n) is 11.1.